The number of aryl methyl sites for hydroxylation is 4. The Kier molecular flexibility index (Phi) is 29.5. The van der Waals surface area contributed by atoms with Crippen LogP contribution in [0, 0.1) is 6.92 Å². The number of halogens is 1. The van der Waals surface area contributed by atoms with Crippen molar-refractivity contribution in [2.75, 3.05) is 0 Å². The van der Waals surface area contributed by atoms with Crippen molar-refractivity contribution >= 4 is 11.6 Å². The molecule has 0 aliphatic carbocycles. The molecule has 0 unspecified atom stereocenters. The van der Waals surface area contributed by atoms with Crippen LogP contribution in [0.4, 0.5) is 0 Å². The third-order valence-corrected chi connectivity index (χ3v) is 8.42. The van der Waals surface area contributed by atoms with Crippen molar-refractivity contribution in [1.29, 1.82) is 0 Å². The highest BCUT2D eigenvalue weighted by molar-refractivity contribution is 6.33. The lowest BCUT2D eigenvalue weighted by atomic mass is 9.97. The molecule has 0 aliphatic heterocycles. The summed E-state index contributed by atoms with van der Waals surface area (Å²) >= 11 is 5.89. The van der Waals surface area contributed by atoms with Crippen LogP contribution >= 0.6 is 11.6 Å². The van der Waals surface area contributed by atoms with Crippen molar-refractivity contribution in [3.8, 4) is 22.9 Å². The molecule has 0 fully saturated rings. The second-order valence-electron chi connectivity index (χ2n) is 15.4. The van der Waals surface area contributed by atoms with E-state index in [1.807, 2.05) is 71.9 Å². The van der Waals surface area contributed by atoms with Crippen LogP contribution in [0.1, 0.15) is 116 Å². The van der Waals surface area contributed by atoms with Gasteiger partial charge >= 0.3 is 0 Å². The number of pyridine rings is 1. The number of hydrogen-bond donors (Lipinski definition) is 0. The Morgan fingerprint density at radius 3 is 1.53 bits per heavy atom. The normalized spacial score (nSPS) is 9.91. The van der Waals surface area contributed by atoms with E-state index in [-0.39, 0.29) is 5.41 Å². The first-order valence-electron chi connectivity index (χ1n) is 22.8. The lowest BCUT2D eigenvalue weighted by Crippen LogP contribution is -2.10. The van der Waals surface area contributed by atoms with Gasteiger partial charge in [-0.1, -0.05) is 122 Å². The molecule has 0 N–H and O–H groups in total. The molecule has 0 saturated carbocycles. The highest BCUT2D eigenvalue weighted by Gasteiger charge is 2.19. The number of nitrogens with zero attached hydrogens (tertiary/aromatic N) is 19. The predicted molar refractivity (Wildman–Crippen MR) is 262 cm³/mol. The summed E-state index contributed by atoms with van der Waals surface area (Å²) in [7, 11) is 0. The van der Waals surface area contributed by atoms with Crippen molar-refractivity contribution < 1.29 is 40.5 Å². The monoisotopic (exact) mass is 1060 g/mol. The van der Waals surface area contributed by atoms with Gasteiger partial charge in [0.05, 0.1) is 16.1 Å². The Hall–Kier alpha value is -9.08. The fourth-order valence-electron chi connectivity index (χ4n) is 4.52. The second-order valence-corrected chi connectivity index (χ2v) is 15.8. The fourth-order valence-corrected chi connectivity index (χ4v) is 4.74. The second kappa shape index (κ2) is 36.8. The fraction of sp³-hybridized carbons (Fsp3) is 0.370. The van der Waals surface area contributed by atoms with Crippen LogP contribution in [0.3, 0.4) is 0 Å². The minimum absolute atomic E-state index is 0.0174. The van der Waals surface area contributed by atoms with Crippen LogP contribution in [0.25, 0.3) is 22.9 Å². The molecule has 11 aromatic rings. The molecule has 75 heavy (non-hydrogen) atoms. The Morgan fingerprint density at radius 2 is 1.16 bits per heavy atom. The van der Waals surface area contributed by atoms with Gasteiger partial charge in [-0.25, -0.2) is 4.98 Å². The van der Waals surface area contributed by atoms with Gasteiger partial charge in [-0.15, -0.1) is 20.4 Å². The molecule has 28 nitrogen and oxygen atoms in total. The standard InChI is InChI=1S/C8H5ClN2O.C7H5N3O.2C6H10N2O.2C5H8N2O.C4H6N2O.C3H4N2O.C2H2N2O/c9-7-4-2-1-3-6(7)8-11-10-5-12-8;1-2-6(4-8-3-1)7-10-9-5-11-7;1-6(2,3)5-7-4-8-9-5;1-2-3-4-6-7-5-8-9-6;1-4(2)5-6-3-7-8-5;1-2-3-5-6-4-7-8-5;1-2-4-5-3-6-7-4;1-3-4-2-5-6-3;1-3-2-5-4-1/h1-5H;1-5H;4H,1-3H3;5H,2-4H2,1H3;3-4H,1-2H3;4H,2-3H2,1H3;3H,2H2,1H3;2H,1H3;1-2H. The number of unbranched alkanes of at least 4 members (excludes halogenated alkanes) is 1. The van der Waals surface area contributed by atoms with Crippen molar-refractivity contribution in [3.05, 3.63) is 153 Å². The summed E-state index contributed by atoms with van der Waals surface area (Å²) in [5.74, 6) is 5.45. The maximum atomic E-state index is 5.89. The smallest absolute Gasteiger partial charge is 0.248 e. The van der Waals surface area contributed by atoms with E-state index in [1.54, 1.807) is 25.4 Å². The van der Waals surface area contributed by atoms with E-state index in [1.165, 1.54) is 69.9 Å². The van der Waals surface area contributed by atoms with Gasteiger partial charge in [-0.05, 0) is 37.1 Å². The summed E-state index contributed by atoms with van der Waals surface area (Å²) in [4.78, 5) is 30.2. The maximum absolute atomic E-state index is 5.89. The van der Waals surface area contributed by atoms with Crippen molar-refractivity contribution in [1.82, 2.24) is 96.4 Å². The van der Waals surface area contributed by atoms with E-state index in [4.69, 9.17) is 38.5 Å². The SMILES string of the molecule is CC(C)(C)c1ncno1.CC(C)c1ncno1.CCCCc1ncno1.CCCc1ncno1.CCc1ncno1.Cc1ncno1.Clc1ccccc1-c1nnco1.c1cncc(-c2nnco2)c1.c1ncon1. The topological polar surface area (TPSA) is 363 Å². The lowest BCUT2D eigenvalue weighted by molar-refractivity contribution is 0.320. The van der Waals surface area contributed by atoms with Crippen molar-refractivity contribution in [2.45, 2.75) is 112 Å². The molecule has 0 radical (unpaired) electrons. The zero-order valence-electron chi connectivity index (χ0n) is 42.8. The third-order valence-electron chi connectivity index (χ3n) is 8.09. The van der Waals surface area contributed by atoms with Gasteiger partial charge in [0.25, 0.3) is 0 Å². The van der Waals surface area contributed by atoms with Crippen LogP contribution in [0.5, 0.6) is 0 Å². The quantitative estimate of drug-likeness (QED) is 0.130. The average Bonchev–Trinajstić information content (AvgIpc) is 4.27. The molecule has 10 aromatic heterocycles. The van der Waals surface area contributed by atoms with Crippen LogP contribution in [0.15, 0.2) is 153 Å². The molecule has 0 atom stereocenters. The summed E-state index contributed by atoms with van der Waals surface area (Å²) in [5.41, 5.74) is 1.58. The predicted octanol–water partition coefficient (Wildman–Crippen LogP) is 9.60. The summed E-state index contributed by atoms with van der Waals surface area (Å²) in [6, 6.07) is 11.0. The van der Waals surface area contributed by atoms with Gasteiger partial charge in [0.1, 0.15) is 0 Å². The first-order valence-corrected chi connectivity index (χ1v) is 23.2. The molecular weight excluding hydrogens is 998 g/mol. The zero-order valence-corrected chi connectivity index (χ0v) is 43.5. The average molecular weight is 1060 g/mol. The molecule has 0 bridgehead atoms. The van der Waals surface area contributed by atoms with Gasteiger partial charge < -0.3 is 40.5 Å². The number of hydrogen-bond acceptors (Lipinski definition) is 28. The molecule has 398 valence electrons. The van der Waals surface area contributed by atoms with Gasteiger partial charge in [0, 0.05) is 49.9 Å². The molecule has 0 saturated heterocycles. The maximum Gasteiger partial charge on any atom is 0.248 e. The minimum atomic E-state index is -0.0174. The molecular formula is C46H58ClN19O9. The van der Waals surface area contributed by atoms with E-state index in [0.717, 1.165) is 55.0 Å². The van der Waals surface area contributed by atoms with Gasteiger partial charge in [0.15, 0.2) is 44.3 Å². The Balaban J connectivity index is 0.000000225. The summed E-state index contributed by atoms with van der Waals surface area (Å²) < 4.78 is 42.3. The molecule has 29 heteroatoms. The van der Waals surface area contributed by atoms with E-state index < -0.39 is 0 Å². The van der Waals surface area contributed by atoms with Crippen LogP contribution in [-0.4, -0.2) is 96.4 Å². The summed E-state index contributed by atoms with van der Waals surface area (Å²) in [6.45, 7) is 18.0. The Morgan fingerprint density at radius 1 is 0.560 bits per heavy atom. The van der Waals surface area contributed by atoms with Crippen LogP contribution in [-0.2, 0) is 24.7 Å². The zero-order chi connectivity index (χ0) is 54.2. The number of aromatic nitrogens is 19. The van der Waals surface area contributed by atoms with Crippen LogP contribution < -0.4 is 0 Å². The molecule has 0 spiro atoms. The number of rotatable bonds is 9. The molecule has 0 aliphatic rings. The Labute approximate surface area is 434 Å². The largest absolute Gasteiger partial charge is 0.423 e. The van der Waals surface area contributed by atoms with E-state index >= 15 is 0 Å². The highest BCUT2D eigenvalue weighted by Crippen LogP contribution is 2.25. The van der Waals surface area contributed by atoms with Gasteiger partial charge in [-0.3, -0.25) is 4.98 Å². The van der Waals surface area contributed by atoms with Crippen molar-refractivity contribution in [2.24, 2.45) is 0 Å². The summed E-state index contributed by atoms with van der Waals surface area (Å²) in [5, 5.41) is 39.1. The molecule has 10 heterocycles. The third kappa shape index (κ3) is 26.8. The van der Waals surface area contributed by atoms with E-state index in [9.17, 15) is 0 Å². The first-order chi connectivity index (χ1) is 36.4. The molecule has 0 amide bonds. The summed E-state index contributed by atoms with van der Waals surface area (Å²) in [6.07, 6.45) is 23.0. The first kappa shape index (κ1) is 60.2. The minimum Gasteiger partial charge on any atom is -0.423 e. The lowest BCUT2D eigenvalue weighted by Gasteiger charge is -2.09. The number of benzene rings is 1. The van der Waals surface area contributed by atoms with Gasteiger partial charge in [0.2, 0.25) is 66.3 Å². The van der Waals surface area contributed by atoms with Crippen molar-refractivity contribution in [3.63, 3.8) is 0 Å². The van der Waals surface area contributed by atoms with E-state index in [2.05, 4.69) is 124 Å². The Bertz CT molecular complexity index is 2810. The molecule has 11 rings (SSSR count). The van der Waals surface area contributed by atoms with Crippen LogP contribution in [0.2, 0.25) is 5.02 Å². The van der Waals surface area contributed by atoms with Gasteiger partial charge in [-0.2, -0.15) is 29.9 Å². The highest BCUT2D eigenvalue weighted by atomic mass is 35.5. The van der Waals surface area contributed by atoms with E-state index in [0.29, 0.717) is 46.3 Å². The molecule has 1 aromatic carbocycles.